The first-order chi connectivity index (χ1) is 8.70. The lowest BCUT2D eigenvalue weighted by Crippen LogP contribution is -2.33. The monoisotopic (exact) mass is 283 g/mol. The van der Waals surface area contributed by atoms with Gasteiger partial charge in [0.2, 0.25) is 0 Å². The van der Waals surface area contributed by atoms with Gasteiger partial charge in [-0.2, -0.15) is 0 Å². The van der Waals surface area contributed by atoms with E-state index in [1.54, 1.807) is 0 Å². The molecule has 0 aliphatic carbocycles. The van der Waals surface area contributed by atoms with Gasteiger partial charge >= 0.3 is 0 Å². The Balaban J connectivity index is 2.74. The third-order valence-electron chi connectivity index (χ3n) is 2.75. The maximum Gasteiger partial charge on any atom is 0.251 e. The van der Waals surface area contributed by atoms with Crippen LogP contribution in [0.2, 0.25) is 0 Å². The molecule has 0 saturated carbocycles. The van der Waals surface area contributed by atoms with Crippen molar-refractivity contribution in [1.82, 2.24) is 5.32 Å². The Kier molecular flexibility index (Phi) is 5.11. The van der Waals surface area contributed by atoms with Gasteiger partial charge in [-0.25, -0.2) is 8.42 Å². The number of nitrogens with one attached hydrogen (secondary N) is 1. The molecule has 1 rings (SSSR count). The second kappa shape index (κ2) is 6.19. The molecule has 1 atom stereocenters. The summed E-state index contributed by atoms with van der Waals surface area (Å²) in [6.45, 7) is 6.16. The van der Waals surface area contributed by atoms with Crippen LogP contribution in [0, 0.1) is 5.92 Å². The molecule has 1 aromatic carbocycles. The van der Waals surface area contributed by atoms with Crippen LogP contribution in [0.3, 0.4) is 0 Å². The van der Waals surface area contributed by atoms with Crippen LogP contribution in [0.5, 0.6) is 0 Å². The minimum atomic E-state index is -3.22. The lowest BCUT2D eigenvalue weighted by Gasteiger charge is -2.16. The minimum Gasteiger partial charge on any atom is -0.350 e. The van der Waals surface area contributed by atoms with E-state index in [0.717, 1.165) is 12.7 Å². The van der Waals surface area contributed by atoms with E-state index >= 15 is 0 Å². The Morgan fingerprint density at radius 2 is 1.68 bits per heavy atom. The molecule has 0 saturated heterocycles. The lowest BCUT2D eigenvalue weighted by molar-refractivity contribution is 0.0936. The van der Waals surface area contributed by atoms with Crippen molar-refractivity contribution in [3.63, 3.8) is 0 Å². The zero-order chi connectivity index (χ0) is 14.6. The van der Waals surface area contributed by atoms with Crippen molar-refractivity contribution in [2.45, 2.75) is 38.1 Å². The van der Waals surface area contributed by atoms with Gasteiger partial charge in [0.25, 0.3) is 5.91 Å². The Hall–Kier alpha value is -1.36. The number of sulfone groups is 1. The first kappa shape index (κ1) is 15.7. The van der Waals surface area contributed by atoms with Crippen LogP contribution in [-0.2, 0) is 9.84 Å². The SMILES string of the molecule is CC(C)CC(C)NC(=O)c1ccc(S(C)(=O)=O)cc1. The zero-order valence-electron chi connectivity index (χ0n) is 11.8. The lowest BCUT2D eigenvalue weighted by atomic mass is 10.0. The quantitative estimate of drug-likeness (QED) is 0.901. The molecule has 1 aromatic rings. The van der Waals surface area contributed by atoms with E-state index in [2.05, 4.69) is 19.2 Å². The highest BCUT2D eigenvalue weighted by molar-refractivity contribution is 7.90. The number of carbonyl (C=O) groups is 1. The van der Waals surface area contributed by atoms with Gasteiger partial charge in [-0.1, -0.05) is 13.8 Å². The van der Waals surface area contributed by atoms with Crippen LogP contribution in [0.1, 0.15) is 37.6 Å². The number of rotatable bonds is 5. The summed E-state index contributed by atoms with van der Waals surface area (Å²) < 4.78 is 22.6. The molecule has 0 aliphatic rings. The first-order valence-electron chi connectivity index (χ1n) is 6.31. The van der Waals surface area contributed by atoms with E-state index in [1.165, 1.54) is 24.3 Å². The summed E-state index contributed by atoms with van der Waals surface area (Å²) in [5, 5.41) is 2.90. The van der Waals surface area contributed by atoms with Crippen LogP contribution in [0.4, 0.5) is 0 Å². The summed E-state index contributed by atoms with van der Waals surface area (Å²) in [5.41, 5.74) is 0.475. The van der Waals surface area contributed by atoms with Crippen LogP contribution in [0.25, 0.3) is 0 Å². The third kappa shape index (κ3) is 5.03. The number of hydrogen-bond donors (Lipinski definition) is 1. The Bertz CT molecular complexity index is 532. The topological polar surface area (TPSA) is 63.2 Å². The van der Waals surface area contributed by atoms with Gasteiger partial charge in [0, 0.05) is 17.9 Å². The Morgan fingerprint density at radius 3 is 2.11 bits per heavy atom. The fourth-order valence-electron chi connectivity index (χ4n) is 1.93. The summed E-state index contributed by atoms with van der Waals surface area (Å²) in [7, 11) is -3.22. The number of carbonyl (C=O) groups excluding carboxylic acids is 1. The molecule has 0 aromatic heterocycles. The summed E-state index contributed by atoms with van der Waals surface area (Å²) >= 11 is 0. The predicted molar refractivity (Wildman–Crippen MR) is 75.9 cm³/mol. The molecule has 0 heterocycles. The van der Waals surface area contributed by atoms with E-state index < -0.39 is 9.84 Å². The van der Waals surface area contributed by atoms with E-state index in [1.807, 2.05) is 6.92 Å². The highest BCUT2D eigenvalue weighted by Gasteiger charge is 2.12. The number of amides is 1. The third-order valence-corrected chi connectivity index (χ3v) is 3.88. The number of hydrogen-bond acceptors (Lipinski definition) is 3. The van der Waals surface area contributed by atoms with E-state index in [9.17, 15) is 13.2 Å². The van der Waals surface area contributed by atoms with Gasteiger partial charge < -0.3 is 5.32 Å². The molecule has 0 bridgehead atoms. The van der Waals surface area contributed by atoms with Crippen molar-refractivity contribution in [1.29, 1.82) is 0 Å². The highest BCUT2D eigenvalue weighted by Crippen LogP contribution is 2.11. The molecule has 1 unspecified atom stereocenters. The van der Waals surface area contributed by atoms with Crippen LogP contribution in [0.15, 0.2) is 29.2 Å². The summed E-state index contributed by atoms with van der Waals surface area (Å²) in [5.74, 6) is 0.344. The fourth-order valence-corrected chi connectivity index (χ4v) is 2.56. The van der Waals surface area contributed by atoms with Crippen molar-refractivity contribution in [2.24, 2.45) is 5.92 Å². The molecule has 106 valence electrons. The summed E-state index contributed by atoms with van der Waals surface area (Å²) in [4.78, 5) is 12.2. The fraction of sp³-hybridized carbons (Fsp3) is 0.500. The molecule has 5 heteroatoms. The largest absolute Gasteiger partial charge is 0.350 e. The smallest absolute Gasteiger partial charge is 0.251 e. The van der Waals surface area contributed by atoms with E-state index in [0.29, 0.717) is 11.5 Å². The van der Waals surface area contributed by atoms with Gasteiger partial charge in [0.1, 0.15) is 0 Å². The van der Waals surface area contributed by atoms with Gasteiger partial charge in [-0.15, -0.1) is 0 Å². The van der Waals surface area contributed by atoms with Gasteiger partial charge in [0.15, 0.2) is 9.84 Å². The normalized spacial score (nSPS) is 13.3. The summed E-state index contributed by atoms with van der Waals surface area (Å²) in [6, 6.07) is 6.08. The van der Waals surface area contributed by atoms with Gasteiger partial charge in [0.05, 0.1) is 4.90 Å². The number of benzene rings is 1. The molecular formula is C14H21NO3S. The maximum atomic E-state index is 11.9. The molecule has 19 heavy (non-hydrogen) atoms. The van der Waals surface area contributed by atoms with Crippen molar-refractivity contribution in [3.05, 3.63) is 29.8 Å². The highest BCUT2D eigenvalue weighted by atomic mass is 32.2. The van der Waals surface area contributed by atoms with Crippen molar-refractivity contribution in [3.8, 4) is 0 Å². The molecule has 4 nitrogen and oxygen atoms in total. The second-order valence-electron chi connectivity index (χ2n) is 5.30. The van der Waals surface area contributed by atoms with Crippen molar-refractivity contribution >= 4 is 15.7 Å². The first-order valence-corrected chi connectivity index (χ1v) is 8.20. The Morgan fingerprint density at radius 1 is 1.16 bits per heavy atom. The Labute approximate surface area is 115 Å². The molecule has 0 fully saturated rings. The molecule has 1 N–H and O–H groups in total. The van der Waals surface area contributed by atoms with Crippen LogP contribution >= 0.6 is 0 Å². The standard InChI is InChI=1S/C14H21NO3S/c1-10(2)9-11(3)15-14(16)12-5-7-13(8-6-12)19(4,17)18/h5-8,10-11H,9H2,1-4H3,(H,15,16). The minimum absolute atomic E-state index is 0.0992. The van der Waals surface area contributed by atoms with Crippen LogP contribution in [-0.4, -0.2) is 26.6 Å². The van der Waals surface area contributed by atoms with Crippen molar-refractivity contribution in [2.75, 3.05) is 6.26 Å². The second-order valence-corrected chi connectivity index (χ2v) is 7.32. The molecule has 1 amide bonds. The predicted octanol–water partition coefficient (Wildman–Crippen LogP) is 2.25. The maximum absolute atomic E-state index is 11.9. The molecule has 0 aliphatic heterocycles. The summed E-state index contributed by atoms with van der Waals surface area (Å²) in [6.07, 6.45) is 2.06. The molecule has 0 radical (unpaired) electrons. The van der Waals surface area contributed by atoms with Gasteiger partial charge in [-0.3, -0.25) is 4.79 Å². The van der Waals surface area contributed by atoms with Crippen molar-refractivity contribution < 1.29 is 13.2 Å². The average Bonchev–Trinajstić information content (AvgIpc) is 2.26. The molecular weight excluding hydrogens is 262 g/mol. The van der Waals surface area contributed by atoms with E-state index in [4.69, 9.17) is 0 Å². The molecule has 0 spiro atoms. The average molecular weight is 283 g/mol. The van der Waals surface area contributed by atoms with Crippen LogP contribution < -0.4 is 5.32 Å². The van der Waals surface area contributed by atoms with Gasteiger partial charge in [-0.05, 0) is 43.5 Å². The van der Waals surface area contributed by atoms with E-state index in [-0.39, 0.29) is 16.8 Å². The zero-order valence-corrected chi connectivity index (χ0v) is 12.6.